The summed E-state index contributed by atoms with van der Waals surface area (Å²) < 4.78 is 3.20. The van der Waals surface area contributed by atoms with Crippen molar-refractivity contribution in [2.45, 2.75) is 44.8 Å². The first-order valence-electron chi connectivity index (χ1n) is 8.32. The van der Waals surface area contributed by atoms with Crippen LogP contribution in [0.4, 0.5) is 0 Å². The van der Waals surface area contributed by atoms with E-state index in [1.807, 2.05) is 6.07 Å². The fourth-order valence-corrected chi connectivity index (χ4v) is 4.42. The third-order valence-corrected chi connectivity index (χ3v) is 5.75. The summed E-state index contributed by atoms with van der Waals surface area (Å²) in [4.78, 5) is 10.1. The minimum absolute atomic E-state index is 0.634. The second kappa shape index (κ2) is 5.95. The minimum atomic E-state index is 0.634. The molecule has 0 aromatic carbocycles. The Morgan fingerprint density at radius 1 is 1.18 bits per heavy atom. The van der Waals surface area contributed by atoms with Gasteiger partial charge in [-0.05, 0) is 67.3 Å². The highest BCUT2D eigenvalue weighted by Gasteiger charge is 2.35. The van der Waals surface area contributed by atoms with Crippen molar-refractivity contribution in [2.24, 2.45) is 0 Å². The first-order valence-corrected chi connectivity index (χ1v) is 9.11. The van der Waals surface area contributed by atoms with Crippen LogP contribution in [0.5, 0.6) is 0 Å². The normalized spacial score (nSPS) is 27.2. The van der Waals surface area contributed by atoms with Crippen LogP contribution >= 0.6 is 15.9 Å². The lowest BCUT2D eigenvalue weighted by molar-refractivity contribution is 0.170. The second-order valence-corrected chi connectivity index (χ2v) is 7.57. The Balaban J connectivity index is 1.48. The number of likely N-dealkylation sites (tertiary alicyclic amines) is 2. The maximum atomic E-state index is 4.76. The zero-order chi connectivity index (χ0) is 15.1. The number of rotatable bonds is 3. The molecule has 0 saturated carbocycles. The fourth-order valence-electron chi connectivity index (χ4n) is 4.07. The molecular formula is C17H23BrN4. The number of hydrogen-bond donors (Lipinski definition) is 0. The van der Waals surface area contributed by atoms with Crippen LogP contribution < -0.4 is 0 Å². The Bertz CT molecular complexity index is 662. The molecule has 4 rings (SSSR count). The van der Waals surface area contributed by atoms with Crippen molar-refractivity contribution >= 4 is 21.6 Å². The highest BCUT2D eigenvalue weighted by atomic mass is 79.9. The molecule has 2 saturated heterocycles. The molecule has 4 nitrogen and oxygen atoms in total. The lowest BCUT2D eigenvalue weighted by Gasteiger charge is -2.30. The molecule has 22 heavy (non-hydrogen) atoms. The van der Waals surface area contributed by atoms with Gasteiger partial charge in [-0.25, -0.2) is 4.98 Å². The Labute approximate surface area is 140 Å². The zero-order valence-corrected chi connectivity index (χ0v) is 14.7. The third-order valence-electron chi connectivity index (χ3n) is 5.28. The highest BCUT2D eigenvalue weighted by Crippen LogP contribution is 2.27. The van der Waals surface area contributed by atoms with Gasteiger partial charge in [0.2, 0.25) is 0 Å². The van der Waals surface area contributed by atoms with Crippen LogP contribution in [0.15, 0.2) is 29.0 Å². The summed E-state index contributed by atoms with van der Waals surface area (Å²) in [5.74, 6) is 0. The van der Waals surface area contributed by atoms with Crippen LogP contribution in [0, 0.1) is 0 Å². The van der Waals surface area contributed by atoms with Crippen LogP contribution in [0.3, 0.4) is 0 Å². The Kier molecular flexibility index (Phi) is 3.96. The van der Waals surface area contributed by atoms with E-state index >= 15 is 0 Å². The molecule has 0 aliphatic carbocycles. The predicted octanol–water partition coefficient (Wildman–Crippen LogP) is 3.16. The minimum Gasteiger partial charge on any atom is -0.306 e. The zero-order valence-electron chi connectivity index (χ0n) is 13.1. The van der Waals surface area contributed by atoms with E-state index in [4.69, 9.17) is 4.98 Å². The van der Waals surface area contributed by atoms with Crippen LogP contribution in [-0.2, 0) is 6.54 Å². The molecule has 0 bridgehead atoms. The molecule has 2 aliphatic heterocycles. The molecule has 2 unspecified atom stereocenters. The Morgan fingerprint density at radius 3 is 2.82 bits per heavy atom. The molecule has 4 heterocycles. The van der Waals surface area contributed by atoms with Crippen molar-refractivity contribution in [1.29, 1.82) is 0 Å². The second-order valence-electron chi connectivity index (χ2n) is 6.66. The molecule has 0 spiro atoms. The number of aromatic nitrogens is 2. The molecule has 0 radical (unpaired) electrons. The summed E-state index contributed by atoms with van der Waals surface area (Å²) >= 11 is 3.52. The largest absolute Gasteiger partial charge is 0.306 e. The molecule has 2 fully saturated rings. The van der Waals surface area contributed by atoms with E-state index < -0.39 is 0 Å². The summed E-state index contributed by atoms with van der Waals surface area (Å²) in [6.45, 7) is 7.14. The molecule has 118 valence electrons. The maximum Gasteiger partial charge on any atom is 0.137 e. The molecule has 0 N–H and O–H groups in total. The van der Waals surface area contributed by atoms with Crippen molar-refractivity contribution < 1.29 is 0 Å². The van der Waals surface area contributed by atoms with Crippen molar-refractivity contribution in [3.8, 4) is 0 Å². The number of hydrogen-bond acceptors (Lipinski definition) is 3. The standard InChI is InChI=1S/C17H23BrN4/c1-13-16(20-7-2-3-8-20)6-9-21(13)11-15-12-22-10-14(18)4-5-17(22)19-15/h4-5,10,12-13,16H,2-3,6-9,11H2,1H3. The molecule has 2 aliphatic rings. The number of imidazole rings is 1. The van der Waals surface area contributed by atoms with Gasteiger partial charge in [-0.1, -0.05) is 0 Å². The number of nitrogens with zero attached hydrogens (tertiary/aromatic N) is 4. The molecule has 0 amide bonds. The smallest absolute Gasteiger partial charge is 0.137 e. The van der Waals surface area contributed by atoms with Crippen molar-refractivity contribution in [3.63, 3.8) is 0 Å². The summed E-state index contributed by atoms with van der Waals surface area (Å²) in [5, 5.41) is 0. The topological polar surface area (TPSA) is 23.8 Å². The molecular weight excluding hydrogens is 340 g/mol. The van der Waals surface area contributed by atoms with Gasteiger partial charge >= 0.3 is 0 Å². The predicted molar refractivity (Wildman–Crippen MR) is 92.0 cm³/mol. The van der Waals surface area contributed by atoms with E-state index in [1.165, 1.54) is 44.6 Å². The average Bonchev–Trinajstić information content (AvgIpc) is 3.20. The Hall–Kier alpha value is -0.910. The number of halogens is 1. The third kappa shape index (κ3) is 2.70. The van der Waals surface area contributed by atoms with Gasteiger partial charge in [0.1, 0.15) is 5.65 Å². The van der Waals surface area contributed by atoms with Gasteiger partial charge in [0, 0.05) is 42.0 Å². The van der Waals surface area contributed by atoms with E-state index in [-0.39, 0.29) is 0 Å². The number of fused-ring (bicyclic) bond motifs is 1. The molecule has 5 heteroatoms. The maximum absolute atomic E-state index is 4.76. The van der Waals surface area contributed by atoms with E-state index in [0.717, 1.165) is 22.7 Å². The first kappa shape index (κ1) is 14.7. The van der Waals surface area contributed by atoms with Crippen LogP contribution in [-0.4, -0.2) is 50.9 Å². The van der Waals surface area contributed by atoms with Crippen molar-refractivity contribution in [1.82, 2.24) is 19.2 Å². The van der Waals surface area contributed by atoms with Crippen molar-refractivity contribution in [3.05, 3.63) is 34.7 Å². The summed E-state index contributed by atoms with van der Waals surface area (Å²) in [6.07, 6.45) is 8.30. The van der Waals surface area contributed by atoms with Gasteiger partial charge in [-0.3, -0.25) is 9.80 Å². The number of pyridine rings is 1. The monoisotopic (exact) mass is 362 g/mol. The van der Waals surface area contributed by atoms with Gasteiger partial charge in [0.15, 0.2) is 0 Å². The highest BCUT2D eigenvalue weighted by molar-refractivity contribution is 9.10. The summed E-state index contributed by atoms with van der Waals surface area (Å²) in [5.41, 5.74) is 2.20. The van der Waals surface area contributed by atoms with Gasteiger partial charge < -0.3 is 4.40 Å². The fraction of sp³-hybridized carbons (Fsp3) is 0.588. The lowest BCUT2D eigenvalue weighted by atomic mass is 10.1. The average molecular weight is 363 g/mol. The van der Waals surface area contributed by atoms with Gasteiger partial charge in [-0.15, -0.1) is 0 Å². The summed E-state index contributed by atoms with van der Waals surface area (Å²) in [6, 6.07) is 5.49. The van der Waals surface area contributed by atoms with Crippen LogP contribution in [0.1, 0.15) is 31.9 Å². The lowest BCUT2D eigenvalue weighted by Crippen LogP contribution is -2.41. The Morgan fingerprint density at radius 2 is 2.00 bits per heavy atom. The van der Waals surface area contributed by atoms with E-state index in [0.29, 0.717) is 6.04 Å². The van der Waals surface area contributed by atoms with Gasteiger partial charge in [-0.2, -0.15) is 0 Å². The van der Waals surface area contributed by atoms with Crippen LogP contribution in [0.25, 0.3) is 5.65 Å². The SMILES string of the molecule is CC1C(N2CCCC2)CCN1Cc1cn2cc(Br)ccc2n1. The van der Waals surface area contributed by atoms with E-state index in [9.17, 15) is 0 Å². The molecule has 2 aromatic heterocycles. The first-order chi connectivity index (χ1) is 10.7. The quantitative estimate of drug-likeness (QED) is 0.837. The molecule has 2 atom stereocenters. The van der Waals surface area contributed by atoms with E-state index in [2.05, 4.69) is 55.5 Å². The van der Waals surface area contributed by atoms with E-state index in [1.54, 1.807) is 0 Å². The van der Waals surface area contributed by atoms with Gasteiger partial charge in [0.05, 0.1) is 5.69 Å². The van der Waals surface area contributed by atoms with Crippen molar-refractivity contribution in [2.75, 3.05) is 19.6 Å². The van der Waals surface area contributed by atoms with Gasteiger partial charge in [0.25, 0.3) is 0 Å². The van der Waals surface area contributed by atoms with Crippen LogP contribution in [0.2, 0.25) is 0 Å². The summed E-state index contributed by atoms with van der Waals surface area (Å²) in [7, 11) is 0. The molecule has 2 aromatic rings.